The molecule has 0 bridgehead atoms. The fourth-order valence-electron chi connectivity index (χ4n) is 2.02. The highest BCUT2D eigenvalue weighted by molar-refractivity contribution is 6.31. The molecule has 0 unspecified atom stereocenters. The Bertz CT molecular complexity index is 731. The third-order valence-corrected chi connectivity index (χ3v) is 3.49. The first-order valence-corrected chi connectivity index (χ1v) is 6.64. The third-order valence-electron chi connectivity index (χ3n) is 3.01. The maximum absolute atomic E-state index is 6.05. The van der Waals surface area contributed by atoms with Crippen LogP contribution in [0.5, 0.6) is 0 Å². The van der Waals surface area contributed by atoms with Crippen LogP contribution in [-0.2, 0) is 19.5 Å². The highest BCUT2D eigenvalue weighted by Gasteiger charge is 2.12. The van der Waals surface area contributed by atoms with E-state index in [-0.39, 0.29) is 0 Å². The lowest BCUT2D eigenvalue weighted by Gasteiger charge is -2.07. The molecule has 0 amide bonds. The van der Waals surface area contributed by atoms with E-state index in [0.29, 0.717) is 17.4 Å². The van der Waals surface area contributed by atoms with Crippen molar-refractivity contribution in [3.63, 3.8) is 0 Å². The second kappa shape index (κ2) is 4.83. The Morgan fingerprint density at radius 1 is 1.26 bits per heavy atom. The minimum atomic E-state index is 0.337. The van der Waals surface area contributed by atoms with E-state index in [1.165, 1.54) is 0 Å². The van der Waals surface area contributed by atoms with Gasteiger partial charge in [0, 0.05) is 12.1 Å². The summed E-state index contributed by atoms with van der Waals surface area (Å²) in [5.41, 5.74) is 1.83. The molecule has 19 heavy (non-hydrogen) atoms. The van der Waals surface area contributed by atoms with E-state index in [4.69, 9.17) is 23.2 Å². The number of hydrogen-bond acceptors (Lipinski definition) is 3. The highest BCUT2D eigenvalue weighted by atomic mass is 35.5. The van der Waals surface area contributed by atoms with Crippen molar-refractivity contribution in [3.05, 3.63) is 41.2 Å². The molecule has 2 aromatic heterocycles. The van der Waals surface area contributed by atoms with Crippen molar-refractivity contribution in [3.8, 4) is 0 Å². The van der Waals surface area contributed by atoms with Crippen molar-refractivity contribution in [2.24, 2.45) is 7.05 Å². The number of fused-ring (bicyclic) bond motifs is 1. The first-order chi connectivity index (χ1) is 9.19. The maximum atomic E-state index is 6.05. The zero-order chi connectivity index (χ0) is 13.4. The zero-order valence-electron chi connectivity index (χ0n) is 10.2. The topological polar surface area (TPSA) is 48.5 Å². The van der Waals surface area contributed by atoms with Gasteiger partial charge in [-0.1, -0.05) is 11.6 Å². The molecule has 98 valence electrons. The number of halogens is 2. The van der Waals surface area contributed by atoms with Crippen LogP contribution < -0.4 is 0 Å². The van der Waals surface area contributed by atoms with Crippen LogP contribution in [0, 0.1) is 0 Å². The molecule has 0 fully saturated rings. The van der Waals surface area contributed by atoms with Gasteiger partial charge in [-0.05, 0) is 18.2 Å². The summed E-state index contributed by atoms with van der Waals surface area (Å²) in [6.45, 7) is 0.565. The summed E-state index contributed by atoms with van der Waals surface area (Å²) in [5, 5.41) is 8.63. The van der Waals surface area contributed by atoms with Gasteiger partial charge >= 0.3 is 0 Å². The van der Waals surface area contributed by atoms with E-state index in [1.54, 1.807) is 6.33 Å². The molecule has 5 nitrogen and oxygen atoms in total. The van der Waals surface area contributed by atoms with E-state index < -0.39 is 0 Å². The Morgan fingerprint density at radius 3 is 2.79 bits per heavy atom. The Hall–Kier alpha value is -1.59. The molecular formula is C12H11Cl2N5. The van der Waals surface area contributed by atoms with E-state index >= 15 is 0 Å². The number of benzene rings is 1. The Balaban J connectivity index is 2.15. The molecule has 0 radical (unpaired) electrons. The average molecular weight is 296 g/mol. The summed E-state index contributed by atoms with van der Waals surface area (Å²) in [6.07, 6.45) is 1.67. The van der Waals surface area contributed by atoms with Crippen LogP contribution in [0.4, 0.5) is 0 Å². The molecule has 0 aliphatic rings. The molecule has 0 aliphatic heterocycles. The predicted octanol–water partition coefficient (Wildman–Crippen LogP) is 2.61. The lowest BCUT2D eigenvalue weighted by Crippen LogP contribution is -2.08. The molecule has 2 heterocycles. The number of rotatable bonds is 3. The molecule has 0 aliphatic carbocycles. The van der Waals surface area contributed by atoms with Crippen LogP contribution in [0.1, 0.15) is 11.6 Å². The standard InChI is InChI=1S/C12H11Cl2N5/c1-18-7-15-17-12(18)6-19-10-4-8(14)2-3-9(10)16-11(19)5-13/h2-4,7H,5-6H2,1H3. The minimum absolute atomic E-state index is 0.337. The van der Waals surface area contributed by atoms with Crippen molar-refractivity contribution >= 4 is 34.2 Å². The lowest BCUT2D eigenvalue weighted by atomic mass is 10.3. The van der Waals surface area contributed by atoms with Crippen molar-refractivity contribution in [2.75, 3.05) is 0 Å². The summed E-state index contributed by atoms with van der Waals surface area (Å²) in [6, 6.07) is 5.60. The molecule has 1 aromatic carbocycles. The molecule has 0 spiro atoms. The summed E-state index contributed by atoms with van der Waals surface area (Å²) in [5.74, 6) is 1.97. The molecule has 3 rings (SSSR count). The van der Waals surface area contributed by atoms with E-state index in [2.05, 4.69) is 15.2 Å². The van der Waals surface area contributed by atoms with Crippen LogP contribution >= 0.6 is 23.2 Å². The first-order valence-electron chi connectivity index (χ1n) is 5.72. The van der Waals surface area contributed by atoms with Gasteiger partial charge in [-0.15, -0.1) is 21.8 Å². The van der Waals surface area contributed by atoms with Crippen molar-refractivity contribution < 1.29 is 0 Å². The van der Waals surface area contributed by atoms with Gasteiger partial charge in [0.15, 0.2) is 5.82 Å². The van der Waals surface area contributed by atoms with Crippen molar-refractivity contribution in [1.82, 2.24) is 24.3 Å². The highest BCUT2D eigenvalue weighted by Crippen LogP contribution is 2.22. The number of alkyl halides is 1. The van der Waals surface area contributed by atoms with E-state index in [0.717, 1.165) is 22.7 Å². The first kappa shape index (κ1) is 12.4. The average Bonchev–Trinajstić information content (AvgIpc) is 2.95. The molecule has 3 aromatic rings. The molecule has 7 heteroatoms. The van der Waals surface area contributed by atoms with Gasteiger partial charge in [0.1, 0.15) is 12.2 Å². The van der Waals surface area contributed by atoms with Crippen LogP contribution in [0.25, 0.3) is 11.0 Å². The van der Waals surface area contributed by atoms with Gasteiger partial charge in [0.25, 0.3) is 0 Å². The Labute approximate surface area is 119 Å². The summed E-state index contributed by atoms with van der Waals surface area (Å²) in [7, 11) is 1.90. The van der Waals surface area contributed by atoms with Crippen LogP contribution in [-0.4, -0.2) is 24.3 Å². The fourth-order valence-corrected chi connectivity index (χ4v) is 2.39. The van der Waals surface area contributed by atoms with Crippen molar-refractivity contribution in [2.45, 2.75) is 12.4 Å². The lowest BCUT2D eigenvalue weighted by molar-refractivity contribution is 0.691. The predicted molar refractivity (Wildman–Crippen MR) is 74.4 cm³/mol. The number of hydrogen-bond donors (Lipinski definition) is 0. The number of aromatic nitrogens is 5. The van der Waals surface area contributed by atoms with Crippen LogP contribution in [0.3, 0.4) is 0 Å². The summed E-state index contributed by atoms with van der Waals surface area (Å²) < 4.78 is 3.88. The fraction of sp³-hybridized carbons (Fsp3) is 0.250. The number of nitrogens with zero attached hydrogens (tertiary/aromatic N) is 5. The second-order valence-corrected chi connectivity index (χ2v) is 4.94. The summed E-state index contributed by atoms with van der Waals surface area (Å²) in [4.78, 5) is 4.50. The smallest absolute Gasteiger partial charge is 0.152 e. The normalized spacial score (nSPS) is 11.3. The molecule has 0 saturated heterocycles. The van der Waals surface area contributed by atoms with Gasteiger partial charge in [0.05, 0.1) is 23.5 Å². The van der Waals surface area contributed by atoms with Crippen molar-refractivity contribution in [1.29, 1.82) is 0 Å². The Morgan fingerprint density at radius 2 is 2.11 bits per heavy atom. The van der Waals surface area contributed by atoms with Crippen LogP contribution in [0.2, 0.25) is 5.02 Å². The third kappa shape index (κ3) is 2.19. The molecular weight excluding hydrogens is 285 g/mol. The molecule has 0 N–H and O–H groups in total. The maximum Gasteiger partial charge on any atom is 0.152 e. The minimum Gasteiger partial charge on any atom is -0.319 e. The van der Waals surface area contributed by atoms with E-state index in [9.17, 15) is 0 Å². The van der Waals surface area contributed by atoms with Gasteiger partial charge in [-0.3, -0.25) is 0 Å². The SMILES string of the molecule is Cn1cnnc1Cn1c(CCl)nc2ccc(Cl)cc21. The summed E-state index contributed by atoms with van der Waals surface area (Å²) >= 11 is 12.0. The number of aryl methyl sites for hydroxylation is 1. The van der Waals surface area contributed by atoms with Gasteiger partial charge in [0.2, 0.25) is 0 Å². The van der Waals surface area contributed by atoms with Crippen LogP contribution in [0.15, 0.2) is 24.5 Å². The number of imidazole rings is 1. The monoisotopic (exact) mass is 295 g/mol. The largest absolute Gasteiger partial charge is 0.319 e. The molecule has 0 saturated carbocycles. The van der Waals surface area contributed by atoms with Gasteiger partial charge in [-0.2, -0.15) is 0 Å². The molecule has 0 atom stereocenters. The Kier molecular flexibility index (Phi) is 3.16. The zero-order valence-corrected chi connectivity index (χ0v) is 11.7. The van der Waals surface area contributed by atoms with E-state index in [1.807, 2.05) is 34.4 Å². The van der Waals surface area contributed by atoms with Gasteiger partial charge < -0.3 is 9.13 Å². The second-order valence-electron chi connectivity index (χ2n) is 4.24. The van der Waals surface area contributed by atoms with Gasteiger partial charge in [-0.25, -0.2) is 4.98 Å². The quantitative estimate of drug-likeness (QED) is 0.698.